The summed E-state index contributed by atoms with van der Waals surface area (Å²) in [5.41, 5.74) is 2.61. The normalized spacial score (nSPS) is 25.8. The van der Waals surface area contributed by atoms with Crippen LogP contribution in [0.3, 0.4) is 0 Å². The van der Waals surface area contributed by atoms with E-state index in [0.717, 1.165) is 17.9 Å². The highest BCUT2D eigenvalue weighted by atomic mass is 16.5. The van der Waals surface area contributed by atoms with E-state index in [1.54, 1.807) is 14.2 Å². The predicted octanol–water partition coefficient (Wildman–Crippen LogP) is 2.61. The van der Waals surface area contributed by atoms with Crippen LogP contribution in [0.5, 0.6) is 11.5 Å². The van der Waals surface area contributed by atoms with Gasteiger partial charge in [-0.1, -0.05) is 6.08 Å². The van der Waals surface area contributed by atoms with Crippen LogP contribution in [0.25, 0.3) is 5.57 Å². The molecule has 0 aliphatic carbocycles. The molecule has 1 saturated heterocycles. The van der Waals surface area contributed by atoms with Crippen LogP contribution in [-0.4, -0.2) is 26.3 Å². The molecule has 0 aromatic heterocycles. The summed E-state index contributed by atoms with van der Waals surface area (Å²) in [5.74, 6) is 1.75. The zero-order chi connectivity index (χ0) is 12.5. The molecule has 2 aliphatic rings. The van der Waals surface area contributed by atoms with Crippen LogP contribution in [0.4, 0.5) is 0 Å². The molecule has 18 heavy (non-hydrogen) atoms. The molecular weight excluding hydrogens is 226 g/mol. The van der Waals surface area contributed by atoms with E-state index in [-0.39, 0.29) is 0 Å². The van der Waals surface area contributed by atoms with Gasteiger partial charge in [0.25, 0.3) is 0 Å². The topological polar surface area (TPSA) is 30.5 Å². The van der Waals surface area contributed by atoms with Gasteiger partial charge in [-0.2, -0.15) is 0 Å². The Labute approximate surface area is 108 Å². The second kappa shape index (κ2) is 4.65. The number of rotatable bonds is 3. The Hall–Kier alpha value is -1.48. The van der Waals surface area contributed by atoms with E-state index in [1.807, 2.05) is 12.1 Å². The summed E-state index contributed by atoms with van der Waals surface area (Å²) < 4.78 is 10.7. The minimum Gasteiger partial charge on any atom is -0.497 e. The first-order valence-electron chi connectivity index (χ1n) is 6.49. The average Bonchev–Trinajstić information content (AvgIpc) is 2.76. The van der Waals surface area contributed by atoms with Gasteiger partial charge in [-0.05, 0) is 37.0 Å². The van der Waals surface area contributed by atoms with E-state index in [0.29, 0.717) is 12.1 Å². The summed E-state index contributed by atoms with van der Waals surface area (Å²) in [4.78, 5) is 0. The Bertz CT molecular complexity index is 481. The first-order chi connectivity index (χ1) is 8.80. The molecule has 0 radical (unpaired) electrons. The Morgan fingerprint density at radius 3 is 2.78 bits per heavy atom. The fourth-order valence-electron chi connectivity index (χ4n) is 2.98. The first-order valence-corrected chi connectivity index (χ1v) is 6.49. The molecule has 1 fully saturated rings. The lowest BCUT2D eigenvalue weighted by Crippen LogP contribution is -2.31. The van der Waals surface area contributed by atoms with Gasteiger partial charge in [0.2, 0.25) is 0 Å². The fourth-order valence-corrected chi connectivity index (χ4v) is 2.98. The summed E-state index contributed by atoms with van der Waals surface area (Å²) in [7, 11) is 3.40. The summed E-state index contributed by atoms with van der Waals surface area (Å²) >= 11 is 0. The van der Waals surface area contributed by atoms with Crippen molar-refractivity contribution in [2.45, 2.75) is 31.3 Å². The van der Waals surface area contributed by atoms with E-state index in [9.17, 15) is 0 Å². The lowest BCUT2D eigenvalue weighted by Gasteiger charge is -2.23. The van der Waals surface area contributed by atoms with Crippen molar-refractivity contribution in [1.82, 2.24) is 5.32 Å². The molecule has 1 aromatic rings. The van der Waals surface area contributed by atoms with Gasteiger partial charge in [0.05, 0.1) is 14.2 Å². The Balaban J connectivity index is 1.96. The molecule has 96 valence electrons. The van der Waals surface area contributed by atoms with E-state index >= 15 is 0 Å². The minimum absolute atomic E-state index is 0.547. The SMILES string of the molecule is COc1ccc(C2=CC3CCC(C2)N3)c(OC)c1. The third kappa shape index (κ3) is 1.99. The molecule has 2 heterocycles. The highest BCUT2D eigenvalue weighted by Crippen LogP contribution is 2.37. The first kappa shape index (κ1) is 11.6. The molecule has 2 bridgehead atoms. The van der Waals surface area contributed by atoms with E-state index in [2.05, 4.69) is 17.5 Å². The van der Waals surface area contributed by atoms with E-state index in [1.165, 1.54) is 24.0 Å². The summed E-state index contributed by atoms with van der Waals surface area (Å²) in [6, 6.07) is 7.25. The number of nitrogens with one attached hydrogen (secondary N) is 1. The highest BCUT2D eigenvalue weighted by Gasteiger charge is 2.29. The lowest BCUT2D eigenvalue weighted by molar-refractivity contribution is 0.393. The standard InChI is InChI=1S/C15H19NO2/c1-17-13-5-6-14(15(9-13)18-2)10-7-11-3-4-12(8-10)16-11/h5-7,9,11-12,16H,3-4,8H2,1-2H3. The molecule has 0 amide bonds. The van der Waals surface area contributed by atoms with Gasteiger partial charge >= 0.3 is 0 Å². The maximum Gasteiger partial charge on any atom is 0.130 e. The quantitative estimate of drug-likeness (QED) is 0.888. The van der Waals surface area contributed by atoms with Crippen molar-refractivity contribution in [2.24, 2.45) is 0 Å². The molecule has 2 atom stereocenters. The predicted molar refractivity (Wildman–Crippen MR) is 72.1 cm³/mol. The molecule has 0 saturated carbocycles. The maximum atomic E-state index is 5.49. The molecule has 3 nitrogen and oxygen atoms in total. The van der Waals surface area contributed by atoms with Gasteiger partial charge in [0.15, 0.2) is 0 Å². The van der Waals surface area contributed by atoms with Crippen molar-refractivity contribution < 1.29 is 9.47 Å². The van der Waals surface area contributed by atoms with Gasteiger partial charge in [0, 0.05) is 23.7 Å². The number of fused-ring (bicyclic) bond motifs is 2. The van der Waals surface area contributed by atoms with Crippen LogP contribution in [0.15, 0.2) is 24.3 Å². The fraction of sp³-hybridized carbons (Fsp3) is 0.467. The van der Waals surface area contributed by atoms with Crippen molar-refractivity contribution in [1.29, 1.82) is 0 Å². The largest absolute Gasteiger partial charge is 0.497 e. The molecule has 3 heteroatoms. The van der Waals surface area contributed by atoms with Gasteiger partial charge in [-0.15, -0.1) is 0 Å². The van der Waals surface area contributed by atoms with E-state index < -0.39 is 0 Å². The zero-order valence-electron chi connectivity index (χ0n) is 10.9. The monoisotopic (exact) mass is 245 g/mol. The number of hydrogen-bond acceptors (Lipinski definition) is 3. The average molecular weight is 245 g/mol. The molecular formula is C15H19NO2. The van der Waals surface area contributed by atoms with Crippen LogP contribution < -0.4 is 14.8 Å². The number of methoxy groups -OCH3 is 2. The molecule has 3 rings (SSSR count). The van der Waals surface area contributed by atoms with Crippen molar-refractivity contribution >= 4 is 5.57 Å². The summed E-state index contributed by atoms with van der Waals surface area (Å²) in [5, 5.41) is 3.61. The zero-order valence-corrected chi connectivity index (χ0v) is 10.9. The number of ether oxygens (including phenoxy) is 2. The van der Waals surface area contributed by atoms with Crippen molar-refractivity contribution in [2.75, 3.05) is 14.2 Å². The highest BCUT2D eigenvalue weighted by molar-refractivity contribution is 5.73. The minimum atomic E-state index is 0.547. The number of hydrogen-bond donors (Lipinski definition) is 1. The van der Waals surface area contributed by atoms with Crippen molar-refractivity contribution in [3.05, 3.63) is 29.8 Å². The molecule has 1 N–H and O–H groups in total. The maximum absolute atomic E-state index is 5.49. The van der Waals surface area contributed by atoms with Crippen molar-refractivity contribution in [3.63, 3.8) is 0 Å². The number of benzene rings is 1. The van der Waals surface area contributed by atoms with Gasteiger partial charge < -0.3 is 14.8 Å². The molecule has 2 unspecified atom stereocenters. The Morgan fingerprint density at radius 1 is 1.17 bits per heavy atom. The van der Waals surface area contributed by atoms with Gasteiger partial charge in [0.1, 0.15) is 11.5 Å². The van der Waals surface area contributed by atoms with Crippen LogP contribution in [0.1, 0.15) is 24.8 Å². The van der Waals surface area contributed by atoms with Crippen LogP contribution in [0, 0.1) is 0 Å². The van der Waals surface area contributed by atoms with Crippen LogP contribution >= 0.6 is 0 Å². The van der Waals surface area contributed by atoms with Gasteiger partial charge in [-0.25, -0.2) is 0 Å². The molecule has 1 aromatic carbocycles. The molecule has 2 aliphatic heterocycles. The van der Waals surface area contributed by atoms with Crippen molar-refractivity contribution in [3.8, 4) is 11.5 Å². The van der Waals surface area contributed by atoms with Crippen LogP contribution in [0.2, 0.25) is 0 Å². The second-order valence-electron chi connectivity index (χ2n) is 5.01. The second-order valence-corrected chi connectivity index (χ2v) is 5.01. The smallest absolute Gasteiger partial charge is 0.130 e. The van der Waals surface area contributed by atoms with Crippen LogP contribution in [-0.2, 0) is 0 Å². The third-order valence-corrected chi connectivity index (χ3v) is 3.90. The summed E-state index contributed by atoms with van der Waals surface area (Å²) in [6.07, 6.45) is 5.99. The van der Waals surface area contributed by atoms with Gasteiger partial charge in [-0.3, -0.25) is 0 Å². The Kier molecular flexibility index (Phi) is 3.00. The van der Waals surface area contributed by atoms with E-state index in [4.69, 9.17) is 9.47 Å². The Morgan fingerprint density at radius 2 is 2.06 bits per heavy atom. The summed E-state index contributed by atoms with van der Waals surface area (Å²) in [6.45, 7) is 0. The molecule has 0 spiro atoms. The lowest BCUT2D eigenvalue weighted by atomic mass is 9.95. The third-order valence-electron chi connectivity index (χ3n) is 3.90.